The maximum absolute atomic E-state index is 5.42. The SMILES string of the molecule is CC1CCCC2(CSC(Nc3ccc4c(c3)OCO4)=N2)C1. The van der Waals surface area contributed by atoms with Gasteiger partial charge in [0.25, 0.3) is 0 Å². The molecule has 4 nitrogen and oxygen atoms in total. The van der Waals surface area contributed by atoms with Gasteiger partial charge in [0, 0.05) is 17.5 Å². The van der Waals surface area contributed by atoms with Gasteiger partial charge in [-0.3, -0.25) is 4.99 Å². The van der Waals surface area contributed by atoms with E-state index in [1.54, 1.807) is 0 Å². The lowest BCUT2D eigenvalue weighted by atomic mass is 9.78. The van der Waals surface area contributed by atoms with E-state index in [0.29, 0.717) is 6.79 Å². The predicted octanol–water partition coefficient (Wildman–Crippen LogP) is 3.88. The van der Waals surface area contributed by atoms with E-state index in [1.807, 2.05) is 30.0 Å². The third-order valence-corrected chi connectivity index (χ3v) is 5.66. The maximum Gasteiger partial charge on any atom is 0.231 e. The van der Waals surface area contributed by atoms with E-state index in [0.717, 1.165) is 34.0 Å². The molecule has 1 fully saturated rings. The molecule has 0 radical (unpaired) electrons. The number of anilines is 1. The first-order valence-electron chi connectivity index (χ1n) is 7.62. The van der Waals surface area contributed by atoms with Crippen LogP contribution in [-0.4, -0.2) is 23.3 Å². The highest BCUT2D eigenvalue weighted by Crippen LogP contribution is 2.42. The van der Waals surface area contributed by atoms with Gasteiger partial charge in [-0.05, 0) is 30.9 Å². The van der Waals surface area contributed by atoms with Gasteiger partial charge < -0.3 is 14.8 Å². The molecule has 1 aliphatic carbocycles. The second-order valence-corrected chi connectivity index (χ2v) is 7.29. The minimum Gasteiger partial charge on any atom is -0.454 e. The molecule has 0 saturated heterocycles. The molecule has 3 aliphatic rings. The van der Waals surface area contributed by atoms with Crippen LogP contribution in [0.1, 0.15) is 32.6 Å². The highest BCUT2D eigenvalue weighted by atomic mass is 32.2. The maximum atomic E-state index is 5.42. The summed E-state index contributed by atoms with van der Waals surface area (Å²) in [6, 6.07) is 5.95. The highest BCUT2D eigenvalue weighted by molar-refractivity contribution is 8.14. The Morgan fingerprint density at radius 3 is 3.14 bits per heavy atom. The van der Waals surface area contributed by atoms with Crippen LogP contribution in [-0.2, 0) is 0 Å². The highest BCUT2D eigenvalue weighted by Gasteiger charge is 2.39. The van der Waals surface area contributed by atoms with Crippen molar-refractivity contribution >= 4 is 22.6 Å². The lowest BCUT2D eigenvalue weighted by Crippen LogP contribution is -2.33. The minimum absolute atomic E-state index is 0.182. The zero-order chi connectivity index (χ0) is 14.3. The molecular weight excluding hydrogens is 284 g/mol. The third-order valence-electron chi connectivity index (χ3n) is 4.51. The van der Waals surface area contributed by atoms with Gasteiger partial charge in [0.1, 0.15) is 0 Å². The Kier molecular flexibility index (Phi) is 3.25. The van der Waals surface area contributed by atoms with E-state index in [9.17, 15) is 0 Å². The van der Waals surface area contributed by atoms with E-state index in [1.165, 1.54) is 25.7 Å². The fraction of sp³-hybridized carbons (Fsp3) is 0.562. The molecule has 5 heteroatoms. The first-order chi connectivity index (χ1) is 10.2. The lowest BCUT2D eigenvalue weighted by Gasteiger charge is -2.33. The van der Waals surface area contributed by atoms with Crippen LogP contribution in [0.5, 0.6) is 11.5 Å². The summed E-state index contributed by atoms with van der Waals surface area (Å²) in [5.41, 5.74) is 1.20. The van der Waals surface area contributed by atoms with Crippen molar-refractivity contribution in [1.82, 2.24) is 0 Å². The quantitative estimate of drug-likeness (QED) is 0.855. The molecule has 21 heavy (non-hydrogen) atoms. The van der Waals surface area contributed by atoms with Crippen molar-refractivity contribution in [2.24, 2.45) is 10.9 Å². The Balaban J connectivity index is 1.50. The molecule has 1 N–H and O–H groups in total. The Labute approximate surface area is 129 Å². The Morgan fingerprint density at radius 2 is 2.24 bits per heavy atom. The molecule has 1 saturated carbocycles. The van der Waals surface area contributed by atoms with Crippen LogP contribution in [0.25, 0.3) is 0 Å². The van der Waals surface area contributed by atoms with E-state index in [2.05, 4.69) is 12.2 Å². The van der Waals surface area contributed by atoms with Crippen molar-refractivity contribution in [2.45, 2.75) is 38.1 Å². The number of nitrogens with one attached hydrogen (secondary N) is 1. The second kappa shape index (κ2) is 5.13. The van der Waals surface area contributed by atoms with Crippen molar-refractivity contribution in [3.8, 4) is 11.5 Å². The molecule has 112 valence electrons. The number of aliphatic imine (C=N–C) groups is 1. The first kappa shape index (κ1) is 13.3. The molecular formula is C16H20N2O2S. The fourth-order valence-corrected chi connectivity index (χ4v) is 4.69. The molecule has 2 unspecified atom stereocenters. The number of fused-ring (bicyclic) bond motifs is 1. The molecule has 2 atom stereocenters. The first-order valence-corrected chi connectivity index (χ1v) is 8.60. The number of ether oxygens (including phenoxy) is 2. The van der Waals surface area contributed by atoms with Crippen LogP contribution >= 0.6 is 11.8 Å². The third kappa shape index (κ3) is 2.59. The zero-order valence-corrected chi connectivity index (χ0v) is 13.0. The van der Waals surface area contributed by atoms with Crippen molar-refractivity contribution in [3.05, 3.63) is 18.2 Å². The Morgan fingerprint density at radius 1 is 1.33 bits per heavy atom. The average Bonchev–Trinajstić information content (AvgIpc) is 3.06. The van der Waals surface area contributed by atoms with Crippen LogP contribution in [0, 0.1) is 5.92 Å². The summed E-state index contributed by atoms with van der Waals surface area (Å²) in [6.45, 7) is 2.67. The summed E-state index contributed by atoms with van der Waals surface area (Å²) in [4.78, 5) is 5.01. The molecule has 1 aromatic rings. The van der Waals surface area contributed by atoms with Crippen molar-refractivity contribution in [1.29, 1.82) is 0 Å². The van der Waals surface area contributed by atoms with Crippen LogP contribution in [0.3, 0.4) is 0 Å². The van der Waals surface area contributed by atoms with E-state index >= 15 is 0 Å². The van der Waals surface area contributed by atoms with Gasteiger partial charge in [-0.2, -0.15) is 0 Å². The van der Waals surface area contributed by atoms with E-state index in [-0.39, 0.29) is 5.54 Å². The van der Waals surface area contributed by atoms with Gasteiger partial charge >= 0.3 is 0 Å². The molecule has 2 aliphatic heterocycles. The number of rotatable bonds is 1. The molecule has 0 amide bonds. The topological polar surface area (TPSA) is 42.8 Å². The van der Waals surface area contributed by atoms with Gasteiger partial charge in [-0.1, -0.05) is 31.5 Å². The largest absolute Gasteiger partial charge is 0.454 e. The van der Waals surface area contributed by atoms with Gasteiger partial charge in [-0.15, -0.1) is 0 Å². The zero-order valence-electron chi connectivity index (χ0n) is 12.2. The Hall–Kier alpha value is -1.36. The molecule has 4 rings (SSSR count). The lowest BCUT2D eigenvalue weighted by molar-refractivity contribution is 0.174. The summed E-state index contributed by atoms with van der Waals surface area (Å²) in [7, 11) is 0. The van der Waals surface area contributed by atoms with Gasteiger partial charge in [0.15, 0.2) is 16.7 Å². The smallest absolute Gasteiger partial charge is 0.231 e. The van der Waals surface area contributed by atoms with Crippen LogP contribution in [0.15, 0.2) is 23.2 Å². The van der Waals surface area contributed by atoms with Crippen molar-refractivity contribution in [2.75, 3.05) is 17.9 Å². The van der Waals surface area contributed by atoms with Crippen molar-refractivity contribution < 1.29 is 9.47 Å². The monoisotopic (exact) mass is 304 g/mol. The van der Waals surface area contributed by atoms with Gasteiger partial charge in [0.2, 0.25) is 6.79 Å². The second-order valence-electron chi connectivity index (χ2n) is 6.32. The molecule has 1 spiro atoms. The van der Waals surface area contributed by atoms with E-state index in [4.69, 9.17) is 14.5 Å². The fourth-order valence-electron chi connectivity index (χ4n) is 3.51. The number of benzene rings is 1. The summed E-state index contributed by atoms with van der Waals surface area (Å²) < 4.78 is 10.8. The van der Waals surface area contributed by atoms with Crippen LogP contribution in [0.4, 0.5) is 5.69 Å². The summed E-state index contributed by atoms with van der Waals surface area (Å²) >= 11 is 1.84. The molecule has 0 bridgehead atoms. The predicted molar refractivity (Wildman–Crippen MR) is 86.4 cm³/mol. The molecule has 2 heterocycles. The number of thioether (sulfide) groups is 1. The van der Waals surface area contributed by atoms with Crippen LogP contribution < -0.4 is 14.8 Å². The number of hydrogen-bond acceptors (Lipinski definition) is 5. The minimum atomic E-state index is 0.182. The van der Waals surface area contributed by atoms with Crippen molar-refractivity contribution in [3.63, 3.8) is 0 Å². The summed E-state index contributed by atoms with van der Waals surface area (Å²) in [6.07, 6.45) is 5.12. The summed E-state index contributed by atoms with van der Waals surface area (Å²) in [5, 5.41) is 4.48. The number of nitrogens with zero attached hydrogens (tertiary/aromatic N) is 1. The standard InChI is InChI=1S/C16H20N2O2S/c1-11-3-2-6-16(8-11)9-21-15(18-16)17-12-4-5-13-14(7-12)20-10-19-13/h4-5,7,11H,2-3,6,8-10H2,1H3,(H,17,18). The van der Waals surface area contributed by atoms with Gasteiger partial charge in [-0.25, -0.2) is 0 Å². The molecule has 0 aromatic heterocycles. The number of amidine groups is 1. The van der Waals surface area contributed by atoms with Crippen LogP contribution in [0.2, 0.25) is 0 Å². The summed E-state index contributed by atoms with van der Waals surface area (Å²) in [5.74, 6) is 3.54. The molecule has 1 aromatic carbocycles. The average molecular weight is 304 g/mol. The Bertz CT molecular complexity index is 590. The number of hydrogen-bond donors (Lipinski definition) is 1. The van der Waals surface area contributed by atoms with Gasteiger partial charge in [0.05, 0.1) is 5.54 Å². The van der Waals surface area contributed by atoms with E-state index < -0.39 is 0 Å². The normalized spacial score (nSPS) is 30.5.